The number of aliphatic imine (C=N–C) groups is 1. The summed E-state index contributed by atoms with van der Waals surface area (Å²) in [7, 11) is 0. The molecule has 13 N–H and O–H groups in total. The number of rotatable bonds is 19. The van der Waals surface area contributed by atoms with Gasteiger partial charge in [0.15, 0.2) is 5.96 Å². The molecule has 0 radical (unpaired) electrons. The summed E-state index contributed by atoms with van der Waals surface area (Å²) in [6.45, 7) is 0.228. The molecule has 0 saturated heterocycles. The van der Waals surface area contributed by atoms with Gasteiger partial charge in [0, 0.05) is 13.0 Å². The molecule has 4 amide bonds. The smallest absolute Gasteiger partial charge is 0.326 e. The summed E-state index contributed by atoms with van der Waals surface area (Å²) in [6, 6.07) is -5.25. The van der Waals surface area contributed by atoms with Gasteiger partial charge in [-0.05, 0) is 37.7 Å². The molecule has 0 spiro atoms. The first kappa shape index (κ1) is 33.4. The molecule has 0 aromatic heterocycles. The lowest BCUT2D eigenvalue weighted by Gasteiger charge is -2.25. The number of nitrogens with zero attached hydrogens (tertiary/aromatic N) is 1. The lowest BCUT2D eigenvalue weighted by atomic mass is 10.1. The minimum Gasteiger partial charge on any atom is -0.481 e. The Balaban J connectivity index is 5.47. The van der Waals surface area contributed by atoms with Crippen LogP contribution in [-0.4, -0.2) is 94.5 Å². The monoisotopic (exact) mass is 548 g/mol. The zero-order valence-corrected chi connectivity index (χ0v) is 21.3. The molecule has 0 aliphatic rings. The molecule has 0 aromatic rings. The Morgan fingerprint density at radius 2 is 1.38 bits per heavy atom. The molecule has 17 heteroatoms. The number of aliphatic carboxylic acids is 2. The van der Waals surface area contributed by atoms with Crippen LogP contribution in [0.25, 0.3) is 0 Å². The van der Waals surface area contributed by atoms with Crippen molar-refractivity contribution >= 4 is 53.3 Å². The Bertz CT molecular complexity index is 852. The van der Waals surface area contributed by atoms with Crippen molar-refractivity contribution in [1.29, 1.82) is 0 Å². The standard InChI is InChI=1S/C20H36N8O8S/c1-37-8-6-12(18(34)28-13(19(35)36)9-14(22)29)27-17(33)11(4-5-15(30)31)26-16(32)10(21)3-2-7-25-20(23)24/h10-13H,2-9,21H2,1H3,(H2,22,29)(H,26,32)(H,27,33)(H,28,34)(H,30,31)(H,35,36)(H4,23,24,25). The van der Waals surface area contributed by atoms with Crippen molar-refractivity contribution in [2.45, 2.75) is 62.7 Å². The largest absolute Gasteiger partial charge is 0.481 e. The van der Waals surface area contributed by atoms with Crippen LogP contribution in [0.3, 0.4) is 0 Å². The van der Waals surface area contributed by atoms with Crippen LogP contribution in [-0.2, 0) is 28.8 Å². The van der Waals surface area contributed by atoms with Crippen LogP contribution in [0.1, 0.15) is 38.5 Å². The van der Waals surface area contributed by atoms with E-state index >= 15 is 0 Å². The van der Waals surface area contributed by atoms with Gasteiger partial charge in [-0.15, -0.1) is 0 Å². The molecule has 210 valence electrons. The Morgan fingerprint density at radius 1 is 0.838 bits per heavy atom. The quantitative estimate of drug-likeness (QED) is 0.0429. The molecule has 0 aromatic carbocycles. The molecule has 0 heterocycles. The number of nitrogens with one attached hydrogen (secondary N) is 3. The predicted molar refractivity (Wildman–Crippen MR) is 135 cm³/mol. The number of carbonyl (C=O) groups is 6. The molecular weight excluding hydrogens is 512 g/mol. The maximum atomic E-state index is 12.9. The van der Waals surface area contributed by atoms with Crippen LogP contribution in [0.4, 0.5) is 0 Å². The topological polar surface area (TPSA) is 295 Å². The van der Waals surface area contributed by atoms with Gasteiger partial charge in [0.2, 0.25) is 23.6 Å². The molecule has 0 bridgehead atoms. The van der Waals surface area contributed by atoms with Gasteiger partial charge in [-0.25, -0.2) is 4.79 Å². The zero-order chi connectivity index (χ0) is 28.5. The van der Waals surface area contributed by atoms with Gasteiger partial charge >= 0.3 is 11.9 Å². The van der Waals surface area contributed by atoms with Crippen LogP contribution in [0.5, 0.6) is 0 Å². The van der Waals surface area contributed by atoms with Gasteiger partial charge in [0.1, 0.15) is 18.1 Å². The molecular formula is C20H36N8O8S. The lowest BCUT2D eigenvalue weighted by Crippen LogP contribution is -2.57. The number of thioether (sulfide) groups is 1. The summed E-state index contributed by atoms with van der Waals surface area (Å²) in [5, 5.41) is 25.2. The molecule has 16 nitrogen and oxygen atoms in total. The lowest BCUT2D eigenvalue weighted by molar-refractivity contribution is -0.143. The minimum absolute atomic E-state index is 0.0750. The van der Waals surface area contributed by atoms with Crippen molar-refractivity contribution in [3.05, 3.63) is 0 Å². The molecule has 4 unspecified atom stereocenters. The first-order valence-corrected chi connectivity index (χ1v) is 12.6. The summed E-state index contributed by atoms with van der Waals surface area (Å²) in [6.07, 6.45) is 0.919. The van der Waals surface area contributed by atoms with Crippen molar-refractivity contribution in [1.82, 2.24) is 16.0 Å². The maximum Gasteiger partial charge on any atom is 0.326 e. The number of carboxylic acids is 2. The van der Waals surface area contributed by atoms with Crippen LogP contribution in [0.2, 0.25) is 0 Å². The third-order valence-electron chi connectivity index (χ3n) is 4.85. The number of guanidine groups is 1. The van der Waals surface area contributed by atoms with E-state index in [0.717, 1.165) is 0 Å². The van der Waals surface area contributed by atoms with E-state index in [2.05, 4.69) is 20.9 Å². The van der Waals surface area contributed by atoms with Gasteiger partial charge in [0.25, 0.3) is 0 Å². The van der Waals surface area contributed by atoms with E-state index in [1.807, 2.05) is 0 Å². The van der Waals surface area contributed by atoms with E-state index < -0.39 is 72.6 Å². The molecule has 0 aliphatic heterocycles. The highest BCUT2D eigenvalue weighted by molar-refractivity contribution is 7.98. The van der Waals surface area contributed by atoms with Gasteiger partial charge in [-0.1, -0.05) is 0 Å². The fraction of sp³-hybridized carbons (Fsp3) is 0.650. The summed E-state index contributed by atoms with van der Waals surface area (Å²) < 4.78 is 0. The minimum atomic E-state index is -1.61. The number of hydrogen-bond acceptors (Lipinski definition) is 9. The fourth-order valence-corrected chi connectivity index (χ4v) is 3.39. The van der Waals surface area contributed by atoms with Gasteiger partial charge in [0.05, 0.1) is 12.5 Å². The summed E-state index contributed by atoms with van der Waals surface area (Å²) in [4.78, 5) is 75.5. The van der Waals surface area contributed by atoms with E-state index in [9.17, 15) is 33.9 Å². The number of hydrogen-bond donors (Lipinski definition) is 9. The Kier molecular flexibility index (Phi) is 16.0. The third-order valence-corrected chi connectivity index (χ3v) is 5.49. The van der Waals surface area contributed by atoms with Crippen LogP contribution < -0.4 is 38.9 Å². The van der Waals surface area contributed by atoms with E-state index in [-0.39, 0.29) is 31.8 Å². The van der Waals surface area contributed by atoms with Crippen molar-refractivity contribution in [3.8, 4) is 0 Å². The first-order chi connectivity index (χ1) is 17.3. The van der Waals surface area contributed by atoms with E-state index in [0.29, 0.717) is 12.2 Å². The maximum absolute atomic E-state index is 12.9. The summed E-state index contributed by atoms with van der Waals surface area (Å²) in [5.41, 5.74) is 21.3. The van der Waals surface area contributed by atoms with Crippen molar-refractivity contribution in [2.75, 3.05) is 18.6 Å². The number of nitrogens with two attached hydrogens (primary N) is 4. The van der Waals surface area contributed by atoms with Crippen molar-refractivity contribution in [2.24, 2.45) is 27.9 Å². The SMILES string of the molecule is CSCCC(NC(=O)C(CCC(=O)O)NC(=O)C(N)CCCN=C(N)N)C(=O)NC(CC(N)=O)C(=O)O. The van der Waals surface area contributed by atoms with Crippen LogP contribution in [0, 0.1) is 0 Å². The predicted octanol–water partition coefficient (Wildman–Crippen LogP) is -3.60. The second kappa shape index (κ2) is 17.8. The second-order valence-corrected chi connectivity index (χ2v) is 8.95. The fourth-order valence-electron chi connectivity index (χ4n) is 2.92. The number of primary amides is 1. The average molecular weight is 549 g/mol. The van der Waals surface area contributed by atoms with Crippen LogP contribution >= 0.6 is 11.8 Å². The molecule has 4 atom stereocenters. The van der Waals surface area contributed by atoms with Crippen molar-refractivity contribution < 1.29 is 39.0 Å². The third kappa shape index (κ3) is 15.2. The van der Waals surface area contributed by atoms with Crippen LogP contribution in [0.15, 0.2) is 4.99 Å². The number of amides is 4. The molecule has 0 fully saturated rings. The molecule has 0 saturated carbocycles. The number of carboxylic acid groups (broad SMARTS) is 2. The normalized spacial score (nSPS) is 13.8. The highest BCUT2D eigenvalue weighted by atomic mass is 32.2. The Morgan fingerprint density at radius 3 is 1.86 bits per heavy atom. The molecule has 0 aliphatic carbocycles. The number of carbonyl (C=O) groups excluding carboxylic acids is 4. The van der Waals surface area contributed by atoms with Gasteiger partial charge in [-0.3, -0.25) is 29.0 Å². The zero-order valence-electron chi connectivity index (χ0n) is 20.5. The highest BCUT2D eigenvalue weighted by Gasteiger charge is 2.31. The Labute approximate surface area is 217 Å². The van der Waals surface area contributed by atoms with E-state index in [1.54, 1.807) is 6.26 Å². The molecule has 37 heavy (non-hydrogen) atoms. The van der Waals surface area contributed by atoms with E-state index in [1.165, 1.54) is 11.8 Å². The first-order valence-electron chi connectivity index (χ1n) is 11.2. The van der Waals surface area contributed by atoms with Gasteiger partial charge < -0.3 is 49.1 Å². The van der Waals surface area contributed by atoms with Gasteiger partial charge in [-0.2, -0.15) is 11.8 Å². The van der Waals surface area contributed by atoms with Crippen molar-refractivity contribution in [3.63, 3.8) is 0 Å². The summed E-state index contributed by atoms with van der Waals surface area (Å²) in [5.74, 6) is -5.90. The Hall–Kier alpha value is -3.60. The average Bonchev–Trinajstić information content (AvgIpc) is 2.80. The molecule has 0 rings (SSSR count). The second-order valence-electron chi connectivity index (χ2n) is 7.96. The highest BCUT2D eigenvalue weighted by Crippen LogP contribution is 2.06. The van der Waals surface area contributed by atoms with E-state index in [4.69, 9.17) is 28.0 Å². The summed E-state index contributed by atoms with van der Waals surface area (Å²) >= 11 is 1.35.